The molecule has 0 bridgehead atoms. The van der Waals surface area contributed by atoms with Crippen LogP contribution in [0.25, 0.3) is 0 Å². The van der Waals surface area contributed by atoms with Crippen molar-refractivity contribution in [3.63, 3.8) is 0 Å². The van der Waals surface area contributed by atoms with Crippen molar-refractivity contribution in [2.24, 2.45) is 0 Å². The molecule has 0 radical (unpaired) electrons. The van der Waals surface area contributed by atoms with E-state index in [4.69, 9.17) is 9.47 Å². The van der Waals surface area contributed by atoms with E-state index in [0.29, 0.717) is 19.6 Å². The lowest BCUT2D eigenvalue weighted by Crippen LogP contribution is -2.37. The highest BCUT2D eigenvalue weighted by Crippen LogP contribution is 2.06. The summed E-state index contributed by atoms with van der Waals surface area (Å²) in [6.07, 6.45) is 1.07. The Labute approximate surface area is 134 Å². The van der Waals surface area contributed by atoms with Crippen LogP contribution in [-0.4, -0.2) is 43.2 Å². The molecular formula is C18H29NO3. The lowest BCUT2D eigenvalue weighted by molar-refractivity contribution is -0.153. The first-order chi connectivity index (χ1) is 10.7. The number of hydrogen-bond acceptors (Lipinski definition) is 4. The van der Waals surface area contributed by atoms with Crippen LogP contribution in [0, 0.1) is 0 Å². The van der Waals surface area contributed by atoms with Gasteiger partial charge in [-0.15, -0.1) is 0 Å². The van der Waals surface area contributed by atoms with E-state index in [1.165, 1.54) is 0 Å². The lowest BCUT2D eigenvalue weighted by atomic mass is 10.2. The van der Waals surface area contributed by atoms with Gasteiger partial charge in [-0.2, -0.15) is 0 Å². The van der Waals surface area contributed by atoms with Gasteiger partial charge >= 0.3 is 5.97 Å². The standard InChI is InChI=1S/C18H29NO3/c1-4-10-18(20)22-17(13-19(5-2)6-3)15-21-14-16-11-8-7-9-12-16/h7-9,11-12,17H,4-6,10,13-15H2,1-3H3. The first kappa shape index (κ1) is 18.7. The van der Waals surface area contributed by atoms with Gasteiger partial charge in [-0.1, -0.05) is 51.1 Å². The Morgan fingerprint density at radius 2 is 1.82 bits per heavy atom. The summed E-state index contributed by atoms with van der Waals surface area (Å²) in [5.41, 5.74) is 1.13. The minimum atomic E-state index is -0.206. The number of nitrogens with zero attached hydrogens (tertiary/aromatic N) is 1. The molecule has 0 N–H and O–H groups in total. The van der Waals surface area contributed by atoms with Crippen LogP contribution in [0.3, 0.4) is 0 Å². The maximum atomic E-state index is 11.7. The second-order valence-electron chi connectivity index (χ2n) is 5.35. The molecule has 0 heterocycles. The highest BCUT2D eigenvalue weighted by atomic mass is 16.6. The molecule has 0 aromatic heterocycles. The Hall–Kier alpha value is -1.39. The number of benzene rings is 1. The van der Waals surface area contributed by atoms with Crippen LogP contribution < -0.4 is 0 Å². The van der Waals surface area contributed by atoms with Gasteiger partial charge in [-0.25, -0.2) is 0 Å². The third kappa shape index (κ3) is 7.57. The summed E-state index contributed by atoms with van der Waals surface area (Å²) < 4.78 is 11.3. The highest BCUT2D eigenvalue weighted by molar-refractivity contribution is 5.69. The number of carbonyl (C=O) groups is 1. The van der Waals surface area contributed by atoms with Crippen molar-refractivity contribution in [3.05, 3.63) is 35.9 Å². The molecule has 1 atom stereocenters. The number of rotatable bonds is 11. The number of esters is 1. The van der Waals surface area contributed by atoms with Gasteiger partial charge in [0.05, 0.1) is 13.2 Å². The summed E-state index contributed by atoms with van der Waals surface area (Å²) in [4.78, 5) is 14.0. The summed E-state index contributed by atoms with van der Waals surface area (Å²) in [5, 5.41) is 0. The Bertz CT molecular complexity index is 404. The van der Waals surface area contributed by atoms with Crippen molar-refractivity contribution < 1.29 is 14.3 Å². The second-order valence-corrected chi connectivity index (χ2v) is 5.35. The van der Waals surface area contributed by atoms with Crippen LogP contribution in [0.4, 0.5) is 0 Å². The topological polar surface area (TPSA) is 38.8 Å². The number of ether oxygens (including phenoxy) is 2. The van der Waals surface area contributed by atoms with E-state index in [0.717, 1.165) is 31.6 Å². The van der Waals surface area contributed by atoms with E-state index in [1.807, 2.05) is 37.3 Å². The zero-order chi connectivity index (χ0) is 16.2. The van der Waals surface area contributed by atoms with E-state index in [9.17, 15) is 4.79 Å². The normalized spacial score (nSPS) is 12.4. The molecule has 0 saturated carbocycles. The van der Waals surface area contributed by atoms with Crippen LogP contribution in [0.2, 0.25) is 0 Å². The molecule has 1 unspecified atom stereocenters. The van der Waals surface area contributed by atoms with E-state index in [2.05, 4.69) is 18.7 Å². The van der Waals surface area contributed by atoms with Crippen molar-refractivity contribution >= 4 is 5.97 Å². The van der Waals surface area contributed by atoms with Gasteiger partial charge in [-0.3, -0.25) is 4.79 Å². The summed E-state index contributed by atoms with van der Waals surface area (Å²) in [5.74, 6) is -0.136. The predicted molar refractivity (Wildman–Crippen MR) is 88.7 cm³/mol. The zero-order valence-corrected chi connectivity index (χ0v) is 14.1. The van der Waals surface area contributed by atoms with Crippen molar-refractivity contribution in [2.45, 2.75) is 46.3 Å². The molecule has 1 aromatic rings. The highest BCUT2D eigenvalue weighted by Gasteiger charge is 2.17. The summed E-state index contributed by atoms with van der Waals surface area (Å²) in [7, 11) is 0. The van der Waals surface area contributed by atoms with Gasteiger partial charge in [0.15, 0.2) is 0 Å². The largest absolute Gasteiger partial charge is 0.459 e. The fourth-order valence-corrected chi connectivity index (χ4v) is 2.23. The first-order valence-corrected chi connectivity index (χ1v) is 8.23. The first-order valence-electron chi connectivity index (χ1n) is 8.23. The molecule has 0 saturated heterocycles. The molecule has 124 valence electrons. The molecule has 22 heavy (non-hydrogen) atoms. The Morgan fingerprint density at radius 3 is 2.41 bits per heavy atom. The van der Waals surface area contributed by atoms with Gasteiger partial charge in [0.2, 0.25) is 0 Å². The number of carbonyl (C=O) groups excluding carboxylic acids is 1. The van der Waals surface area contributed by atoms with Gasteiger partial charge in [-0.05, 0) is 25.1 Å². The van der Waals surface area contributed by atoms with Crippen molar-refractivity contribution in [1.29, 1.82) is 0 Å². The summed E-state index contributed by atoms with van der Waals surface area (Å²) in [6, 6.07) is 10.0. The number of likely N-dealkylation sites (N-methyl/N-ethyl adjacent to an activating group) is 1. The fourth-order valence-electron chi connectivity index (χ4n) is 2.23. The molecule has 0 spiro atoms. The van der Waals surface area contributed by atoms with Gasteiger partial charge in [0.1, 0.15) is 6.10 Å². The molecule has 1 aromatic carbocycles. The van der Waals surface area contributed by atoms with Gasteiger partial charge < -0.3 is 14.4 Å². The third-order valence-corrected chi connectivity index (χ3v) is 3.52. The van der Waals surface area contributed by atoms with Gasteiger partial charge in [0.25, 0.3) is 0 Å². The van der Waals surface area contributed by atoms with Crippen molar-refractivity contribution in [1.82, 2.24) is 4.90 Å². The quantitative estimate of drug-likeness (QED) is 0.588. The van der Waals surface area contributed by atoms with Crippen LogP contribution in [0.5, 0.6) is 0 Å². The van der Waals surface area contributed by atoms with Gasteiger partial charge in [0, 0.05) is 13.0 Å². The van der Waals surface area contributed by atoms with Crippen LogP contribution in [0.1, 0.15) is 39.2 Å². The third-order valence-electron chi connectivity index (χ3n) is 3.52. The minimum Gasteiger partial charge on any atom is -0.459 e. The molecule has 0 fully saturated rings. The zero-order valence-electron chi connectivity index (χ0n) is 14.1. The van der Waals surface area contributed by atoms with Crippen LogP contribution >= 0.6 is 0 Å². The monoisotopic (exact) mass is 307 g/mol. The molecule has 0 amide bonds. The number of hydrogen-bond donors (Lipinski definition) is 0. The summed E-state index contributed by atoms with van der Waals surface area (Å²) in [6.45, 7) is 9.78. The maximum Gasteiger partial charge on any atom is 0.306 e. The second kappa shape index (κ2) is 11.2. The van der Waals surface area contributed by atoms with Crippen molar-refractivity contribution in [3.8, 4) is 0 Å². The average Bonchev–Trinajstić information content (AvgIpc) is 2.53. The molecular weight excluding hydrogens is 278 g/mol. The molecule has 0 aliphatic carbocycles. The van der Waals surface area contributed by atoms with E-state index in [-0.39, 0.29) is 12.1 Å². The average molecular weight is 307 g/mol. The fraction of sp³-hybridized carbons (Fsp3) is 0.611. The Kier molecular flexibility index (Phi) is 9.51. The molecule has 1 rings (SSSR count). The summed E-state index contributed by atoms with van der Waals surface area (Å²) >= 11 is 0. The smallest absolute Gasteiger partial charge is 0.306 e. The molecule has 4 heteroatoms. The predicted octanol–water partition coefficient (Wildman–Crippen LogP) is 3.26. The van der Waals surface area contributed by atoms with Crippen LogP contribution in [0.15, 0.2) is 30.3 Å². The van der Waals surface area contributed by atoms with Crippen LogP contribution in [-0.2, 0) is 20.9 Å². The molecule has 4 nitrogen and oxygen atoms in total. The van der Waals surface area contributed by atoms with Crippen molar-refractivity contribution in [2.75, 3.05) is 26.2 Å². The maximum absolute atomic E-state index is 11.7. The van der Waals surface area contributed by atoms with E-state index >= 15 is 0 Å². The van der Waals surface area contributed by atoms with E-state index < -0.39 is 0 Å². The Balaban J connectivity index is 2.47. The Morgan fingerprint density at radius 1 is 1.14 bits per heavy atom. The SMILES string of the molecule is CCCC(=O)OC(COCc1ccccc1)CN(CC)CC. The van der Waals surface area contributed by atoms with E-state index in [1.54, 1.807) is 0 Å². The minimum absolute atomic E-state index is 0.136. The molecule has 0 aliphatic rings. The molecule has 0 aliphatic heterocycles. The lowest BCUT2D eigenvalue weighted by Gasteiger charge is -2.25.